The Labute approximate surface area is 138 Å². The third-order valence-corrected chi connectivity index (χ3v) is 4.11. The maximum absolute atomic E-state index is 13.2. The molecular formula is C14H10FIN2O4. The number of hydrogen-bond donors (Lipinski definition) is 2. The van der Waals surface area contributed by atoms with Gasteiger partial charge in [-0.1, -0.05) is 0 Å². The number of carbonyl (C=O) groups is 1. The van der Waals surface area contributed by atoms with Crippen LogP contribution in [0.1, 0.15) is 15.9 Å². The van der Waals surface area contributed by atoms with Crippen molar-refractivity contribution in [1.29, 1.82) is 0 Å². The lowest BCUT2D eigenvalue weighted by molar-refractivity contribution is -0.385. The molecule has 114 valence electrons. The van der Waals surface area contributed by atoms with Gasteiger partial charge < -0.3 is 10.4 Å². The van der Waals surface area contributed by atoms with Crippen molar-refractivity contribution >= 4 is 39.9 Å². The monoisotopic (exact) mass is 416 g/mol. The molecule has 0 aliphatic heterocycles. The van der Waals surface area contributed by atoms with E-state index in [4.69, 9.17) is 0 Å². The maximum Gasteiger partial charge on any atom is 0.271 e. The van der Waals surface area contributed by atoms with Crippen LogP contribution in [0.4, 0.5) is 15.8 Å². The summed E-state index contributed by atoms with van der Waals surface area (Å²) in [5.74, 6) is -1.59. The van der Waals surface area contributed by atoms with Crippen molar-refractivity contribution in [2.24, 2.45) is 0 Å². The van der Waals surface area contributed by atoms with Gasteiger partial charge in [-0.25, -0.2) is 4.39 Å². The Kier molecular flexibility index (Phi) is 4.59. The molecular weight excluding hydrogens is 406 g/mol. The third kappa shape index (κ3) is 3.32. The van der Waals surface area contributed by atoms with E-state index in [0.29, 0.717) is 9.13 Å². The fourth-order valence-corrected chi connectivity index (χ4v) is 2.41. The van der Waals surface area contributed by atoms with Gasteiger partial charge in [-0.3, -0.25) is 14.9 Å². The number of phenolic OH excluding ortho intramolecular Hbond substituents is 1. The largest absolute Gasteiger partial charge is 0.506 e. The van der Waals surface area contributed by atoms with Crippen LogP contribution in [0.2, 0.25) is 0 Å². The highest BCUT2D eigenvalue weighted by molar-refractivity contribution is 14.1. The van der Waals surface area contributed by atoms with Gasteiger partial charge in [-0.15, -0.1) is 0 Å². The summed E-state index contributed by atoms with van der Waals surface area (Å²) >= 11 is 1.89. The highest BCUT2D eigenvalue weighted by Crippen LogP contribution is 2.27. The van der Waals surface area contributed by atoms with Crippen LogP contribution < -0.4 is 5.32 Å². The number of nitrogens with zero attached hydrogens (tertiary/aromatic N) is 1. The molecule has 2 rings (SSSR count). The number of nitro groups is 1. The number of phenols is 1. The molecule has 22 heavy (non-hydrogen) atoms. The molecule has 0 atom stereocenters. The van der Waals surface area contributed by atoms with E-state index in [9.17, 15) is 24.4 Å². The van der Waals surface area contributed by atoms with Gasteiger partial charge in [0.15, 0.2) is 0 Å². The minimum absolute atomic E-state index is 0.0854. The number of rotatable bonds is 3. The minimum atomic E-state index is -0.667. The van der Waals surface area contributed by atoms with Gasteiger partial charge in [0.25, 0.3) is 11.6 Å². The van der Waals surface area contributed by atoms with Crippen molar-refractivity contribution in [3.8, 4) is 5.75 Å². The highest BCUT2D eigenvalue weighted by Gasteiger charge is 2.19. The van der Waals surface area contributed by atoms with E-state index in [0.717, 1.165) is 24.3 Å². The van der Waals surface area contributed by atoms with E-state index in [1.54, 1.807) is 6.92 Å². The Morgan fingerprint density at radius 2 is 2.05 bits per heavy atom. The van der Waals surface area contributed by atoms with Crippen molar-refractivity contribution in [2.75, 3.05) is 5.32 Å². The average molecular weight is 416 g/mol. The van der Waals surface area contributed by atoms with Gasteiger partial charge in [0.05, 0.1) is 16.2 Å². The second-order valence-electron chi connectivity index (χ2n) is 4.47. The third-order valence-electron chi connectivity index (χ3n) is 2.99. The number of benzene rings is 2. The van der Waals surface area contributed by atoms with E-state index in [2.05, 4.69) is 5.32 Å². The van der Waals surface area contributed by atoms with E-state index in [1.165, 1.54) is 6.07 Å². The average Bonchev–Trinajstić information content (AvgIpc) is 2.45. The first-order valence-electron chi connectivity index (χ1n) is 6.04. The van der Waals surface area contributed by atoms with E-state index >= 15 is 0 Å². The lowest BCUT2D eigenvalue weighted by Gasteiger charge is -2.10. The zero-order valence-corrected chi connectivity index (χ0v) is 13.4. The van der Waals surface area contributed by atoms with Gasteiger partial charge in [-0.2, -0.15) is 0 Å². The summed E-state index contributed by atoms with van der Waals surface area (Å²) in [5.41, 5.74) is 0.316. The molecule has 2 N–H and O–H groups in total. The number of hydrogen-bond acceptors (Lipinski definition) is 4. The number of nitro benzene ring substituents is 1. The zero-order chi connectivity index (χ0) is 16.4. The van der Waals surface area contributed by atoms with Gasteiger partial charge in [-0.05, 0) is 47.2 Å². The number of halogens is 2. The Morgan fingerprint density at radius 3 is 2.68 bits per heavy atom. The number of aromatic hydroxyl groups is 1. The van der Waals surface area contributed by atoms with Crippen LogP contribution in [0.3, 0.4) is 0 Å². The molecule has 0 saturated carbocycles. The summed E-state index contributed by atoms with van der Waals surface area (Å²) in [6.45, 7) is 1.64. The van der Waals surface area contributed by atoms with Crippen molar-refractivity contribution in [2.45, 2.75) is 6.92 Å². The van der Waals surface area contributed by atoms with Crippen molar-refractivity contribution < 1.29 is 19.2 Å². The van der Waals surface area contributed by atoms with Crippen LogP contribution in [-0.2, 0) is 0 Å². The summed E-state index contributed by atoms with van der Waals surface area (Å²) in [6, 6.07) is 5.61. The second kappa shape index (κ2) is 6.26. The fraction of sp³-hybridized carbons (Fsp3) is 0.0714. The molecule has 0 bridgehead atoms. The first-order valence-corrected chi connectivity index (χ1v) is 7.12. The summed E-state index contributed by atoms with van der Waals surface area (Å²) in [5, 5.41) is 22.8. The Morgan fingerprint density at radius 1 is 1.36 bits per heavy atom. The molecule has 0 unspecified atom stereocenters. The van der Waals surface area contributed by atoms with Crippen LogP contribution in [0.15, 0.2) is 30.3 Å². The molecule has 0 heterocycles. The minimum Gasteiger partial charge on any atom is -0.506 e. The number of carbonyl (C=O) groups excluding carboxylic acids is 1. The zero-order valence-electron chi connectivity index (χ0n) is 11.3. The maximum atomic E-state index is 13.2. The number of non-ortho nitro benzene ring substituents is 1. The van der Waals surface area contributed by atoms with Crippen LogP contribution >= 0.6 is 22.6 Å². The van der Waals surface area contributed by atoms with Gasteiger partial charge in [0.1, 0.15) is 11.6 Å². The lowest BCUT2D eigenvalue weighted by Crippen LogP contribution is -2.14. The predicted molar refractivity (Wildman–Crippen MR) is 86.6 cm³/mol. The van der Waals surface area contributed by atoms with Crippen molar-refractivity contribution in [1.82, 2.24) is 0 Å². The van der Waals surface area contributed by atoms with Gasteiger partial charge >= 0.3 is 0 Å². The Balaban J connectivity index is 2.41. The number of nitrogens with one attached hydrogen (secondary N) is 1. The first-order chi connectivity index (χ1) is 10.3. The first kappa shape index (κ1) is 16.1. The van der Waals surface area contributed by atoms with E-state index in [-0.39, 0.29) is 22.7 Å². The van der Waals surface area contributed by atoms with Gasteiger partial charge in [0.2, 0.25) is 0 Å². The Bertz CT molecular complexity index is 780. The molecule has 1 amide bonds. The molecule has 2 aromatic carbocycles. The second-order valence-corrected chi connectivity index (χ2v) is 5.64. The molecule has 0 spiro atoms. The van der Waals surface area contributed by atoms with E-state index < -0.39 is 16.6 Å². The molecule has 0 saturated heterocycles. The molecule has 6 nitrogen and oxygen atoms in total. The molecule has 0 aliphatic carbocycles. The predicted octanol–water partition coefficient (Wildman–Crippen LogP) is 3.60. The summed E-state index contributed by atoms with van der Waals surface area (Å²) in [7, 11) is 0. The Hall–Kier alpha value is -2.23. The fourth-order valence-electron chi connectivity index (χ4n) is 1.80. The lowest BCUT2D eigenvalue weighted by atomic mass is 10.1. The van der Waals surface area contributed by atoms with Gasteiger partial charge in [0, 0.05) is 21.8 Å². The molecule has 0 fully saturated rings. The SMILES string of the molecule is Cc1c(I)cc([N+](=O)[O-])cc1C(=O)Nc1cc(F)ccc1O. The summed E-state index contributed by atoms with van der Waals surface area (Å²) in [6.07, 6.45) is 0. The van der Waals surface area contributed by atoms with Crippen molar-refractivity contribution in [3.05, 3.63) is 61.0 Å². The van der Waals surface area contributed by atoms with E-state index in [1.807, 2.05) is 22.6 Å². The summed E-state index contributed by atoms with van der Waals surface area (Å²) in [4.78, 5) is 22.5. The topological polar surface area (TPSA) is 92.5 Å². The smallest absolute Gasteiger partial charge is 0.271 e. The molecule has 2 aromatic rings. The standard InChI is InChI=1S/C14H10FIN2O4/c1-7-10(5-9(18(21)22)6-11(7)16)14(20)17-12-4-8(15)2-3-13(12)19/h2-6,19H,1H3,(H,17,20). The number of anilines is 1. The van der Waals surface area contributed by atoms with Crippen LogP contribution in [0.25, 0.3) is 0 Å². The molecule has 8 heteroatoms. The van der Waals surface area contributed by atoms with Crippen LogP contribution in [0.5, 0.6) is 5.75 Å². The molecule has 0 radical (unpaired) electrons. The van der Waals surface area contributed by atoms with Crippen LogP contribution in [-0.4, -0.2) is 15.9 Å². The molecule has 0 aromatic heterocycles. The molecule has 0 aliphatic rings. The highest BCUT2D eigenvalue weighted by atomic mass is 127. The summed E-state index contributed by atoms with van der Waals surface area (Å²) < 4.78 is 13.7. The number of amides is 1. The normalized spacial score (nSPS) is 10.3. The van der Waals surface area contributed by atoms with Crippen molar-refractivity contribution in [3.63, 3.8) is 0 Å². The quantitative estimate of drug-likeness (QED) is 0.346. The van der Waals surface area contributed by atoms with Crippen LogP contribution in [0, 0.1) is 26.4 Å².